The van der Waals surface area contributed by atoms with Crippen molar-refractivity contribution in [1.29, 1.82) is 0 Å². The predicted octanol–water partition coefficient (Wildman–Crippen LogP) is 4.50. The van der Waals surface area contributed by atoms with Crippen LogP contribution in [0.3, 0.4) is 0 Å². The Labute approximate surface area is 113 Å². The van der Waals surface area contributed by atoms with E-state index in [2.05, 4.69) is 13.8 Å². The van der Waals surface area contributed by atoms with Crippen LogP contribution in [0.5, 0.6) is 0 Å². The number of hydrogen-bond donors (Lipinski definition) is 1. The SMILES string of the molecule is CCCC(N)(CCC)C12CC3CC(CC(C3)C1)C2. The van der Waals surface area contributed by atoms with Gasteiger partial charge in [0.25, 0.3) is 0 Å². The van der Waals surface area contributed by atoms with E-state index in [4.69, 9.17) is 5.73 Å². The van der Waals surface area contributed by atoms with Gasteiger partial charge in [0.1, 0.15) is 0 Å². The smallest absolute Gasteiger partial charge is 0.0211 e. The second-order valence-corrected chi connectivity index (χ2v) is 7.85. The van der Waals surface area contributed by atoms with Crippen molar-refractivity contribution >= 4 is 0 Å². The minimum absolute atomic E-state index is 0.159. The van der Waals surface area contributed by atoms with Gasteiger partial charge in [-0.05, 0) is 74.5 Å². The molecular weight excluding hydrogens is 218 g/mol. The first-order valence-electron chi connectivity index (χ1n) is 8.39. The van der Waals surface area contributed by atoms with Gasteiger partial charge in [-0.3, -0.25) is 0 Å². The van der Waals surface area contributed by atoms with Gasteiger partial charge in [0.2, 0.25) is 0 Å². The maximum absolute atomic E-state index is 7.02. The summed E-state index contributed by atoms with van der Waals surface area (Å²) in [5.74, 6) is 3.11. The van der Waals surface area contributed by atoms with Gasteiger partial charge in [-0.1, -0.05) is 26.7 Å². The molecule has 2 N–H and O–H groups in total. The van der Waals surface area contributed by atoms with Crippen LogP contribution in [0.25, 0.3) is 0 Å². The zero-order valence-corrected chi connectivity index (χ0v) is 12.4. The van der Waals surface area contributed by atoms with Crippen LogP contribution in [-0.2, 0) is 0 Å². The van der Waals surface area contributed by atoms with Crippen molar-refractivity contribution in [3.8, 4) is 0 Å². The average molecular weight is 249 g/mol. The zero-order valence-electron chi connectivity index (χ0n) is 12.4. The van der Waals surface area contributed by atoms with E-state index in [0.29, 0.717) is 5.41 Å². The van der Waals surface area contributed by atoms with E-state index in [1.807, 2.05) is 0 Å². The third kappa shape index (κ3) is 1.85. The molecule has 0 saturated heterocycles. The lowest BCUT2D eigenvalue weighted by Crippen LogP contribution is -2.62. The quantitative estimate of drug-likeness (QED) is 0.762. The second-order valence-electron chi connectivity index (χ2n) is 7.85. The van der Waals surface area contributed by atoms with Crippen LogP contribution in [0.4, 0.5) is 0 Å². The Kier molecular flexibility index (Phi) is 3.25. The van der Waals surface area contributed by atoms with Crippen LogP contribution in [-0.4, -0.2) is 5.54 Å². The van der Waals surface area contributed by atoms with Crippen LogP contribution in [0.2, 0.25) is 0 Å². The second kappa shape index (κ2) is 4.51. The molecule has 104 valence electrons. The molecular formula is C17H31N. The summed E-state index contributed by atoms with van der Waals surface area (Å²) in [5, 5.41) is 0. The summed E-state index contributed by atoms with van der Waals surface area (Å²) in [5.41, 5.74) is 7.71. The molecule has 0 unspecified atom stereocenters. The summed E-state index contributed by atoms with van der Waals surface area (Å²) in [6, 6.07) is 0. The Morgan fingerprint density at radius 3 is 1.61 bits per heavy atom. The maximum Gasteiger partial charge on any atom is 0.0211 e. The Balaban J connectivity index is 1.88. The predicted molar refractivity (Wildman–Crippen MR) is 77.3 cm³/mol. The summed E-state index contributed by atoms with van der Waals surface area (Å²) in [7, 11) is 0. The van der Waals surface area contributed by atoms with Gasteiger partial charge in [-0.2, -0.15) is 0 Å². The Hall–Kier alpha value is -0.0400. The van der Waals surface area contributed by atoms with Gasteiger partial charge in [0.15, 0.2) is 0 Å². The van der Waals surface area contributed by atoms with E-state index < -0.39 is 0 Å². The number of nitrogens with two attached hydrogens (primary N) is 1. The van der Waals surface area contributed by atoms with Crippen molar-refractivity contribution in [3.63, 3.8) is 0 Å². The van der Waals surface area contributed by atoms with Crippen LogP contribution in [0.1, 0.15) is 78.1 Å². The van der Waals surface area contributed by atoms with Crippen molar-refractivity contribution in [2.45, 2.75) is 83.6 Å². The molecule has 0 aromatic heterocycles. The van der Waals surface area contributed by atoms with Crippen molar-refractivity contribution in [2.75, 3.05) is 0 Å². The van der Waals surface area contributed by atoms with Crippen molar-refractivity contribution < 1.29 is 0 Å². The van der Waals surface area contributed by atoms with Crippen molar-refractivity contribution in [2.24, 2.45) is 28.9 Å². The van der Waals surface area contributed by atoms with E-state index >= 15 is 0 Å². The minimum Gasteiger partial charge on any atom is -0.325 e. The van der Waals surface area contributed by atoms with Gasteiger partial charge in [-0.25, -0.2) is 0 Å². The summed E-state index contributed by atoms with van der Waals surface area (Å²) in [6.45, 7) is 4.63. The molecule has 1 nitrogen and oxygen atoms in total. The lowest BCUT2D eigenvalue weighted by Gasteiger charge is -2.63. The molecule has 4 aliphatic rings. The molecule has 4 fully saturated rings. The topological polar surface area (TPSA) is 26.0 Å². The van der Waals surface area contributed by atoms with E-state index in [0.717, 1.165) is 17.8 Å². The fourth-order valence-corrected chi connectivity index (χ4v) is 6.27. The third-order valence-corrected chi connectivity index (χ3v) is 6.49. The van der Waals surface area contributed by atoms with E-state index in [1.54, 1.807) is 0 Å². The molecule has 0 heterocycles. The molecule has 4 saturated carbocycles. The van der Waals surface area contributed by atoms with E-state index in [9.17, 15) is 0 Å². The highest BCUT2D eigenvalue weighted by molar-refractivity contribution is 5.11. The largest absolute Gasteiger partial charge is 0.325 e. The molecule has 1 heteroatoms. The standard InChI is InChI=1S/C17H31N/c1-3-5-17(18,6-4-2)16-10-13-7-14(11-16)9-15(8-13)12-16/h13-15H,3-12,18H2,1-2H3. The van der Waals surface area contributed by atoms with Gasteiger partial charge in [0.05, 0.1) is 0 Å². The summed E-state index contributed by atoms with van der Waals surface area (Å²) >= 11 is 0. The number of rotatable bonds is 5. The lowest BCUT2D eigenvalue weighted by molar-refractivity contribution is -0.102. The highest BCUT2D eigenvalue weighted by Gasteiger charge is 2.58. The minimum atomic E-state index is 0.159. The lowest BCUT2D eigenvalue weighted by atomic mass is 9.43. The maximum atomic E-state index is 7.02. The molecule has 4 rings (SSSR count). The third-order valence-electron chi connectivity index (χ3n) is 6.49. The number of hydrogen-bond acceptors (Lipinski definition) is 1. The fourth-order valence-electron chi connectivity index (χ4n) is 6.27. The summed E-state index contributed by atoms with van der Waals surface area (Å²) in [6.07, 6.45) is 14.0. The Morgan fingerprint density at radius 1 is 0.889 bits per heavy atom. The molecule has 0 aliphatic heterocycles. The van der Waals surface area contributed by atoms with Crippen LogP contribution in [0.15, 0.2) is 0 Å². The molecule has 4 bridgehead atoms. The molecule has 4 aliphatic carbocycles. The Bertz CT molecular complexity index is 265. The average Bonchev–Trinajstić information content (AvgIpc) is 2.27. The van der Waals surface area contributed by atoms with Crippen molar-refractivity contribution in [3.05, 3.63) is 0 Å². The molecule has 0 aromatic carbocycles. The molecule has 0 radical (unpaired) electrons. The first kappa shape index (κ1) is 13.0. The van der Waals surface area contributed by atoms with Gasteiger partial charge in [0, 0.05) is 5.54 Å². The van der Waals surface area contributed by atoms with Crippen molar-refractivity contribution in [1.82, 2.24) is 0 Å². The van der Waals surface area contributed by atoms with E-state index in [1.165, 1.54) is 64.2 Å². The first-order chi connectivity index (χ1) is 8.61. The normalized spacial score (nSPS) is 42.5. The molecule has 0 amide bonds. The van der Waals surface area contributed by atoms with Gasteiger partial charge < -0.3 is 5.73 Å². The highest BCUT2D eigenvalue weighted by Crippen LogP contribution is 2.64. The summed E-state index contributed by atoms with van der Waals surface area (Å²) < 4.78 is 0. The van der Waals surface area contributed by atoms with Gasteiger partial charge >= 0.3 is 0 Å². The molecule has 0 atom stereocenters. The first-order valence-corrected chi connectivity index (χ1v) is 8.39. The molecule has 0 aromatic rings. The summed E-state index contributed by atoms with van der Waals surface area (Å²) in [4.78, 5) is 0. The van der Waals surface area contributed by atoms with Gasteiger partial charge in [-0.15, -0.1) is 0 Å². The molecule has 0 spiro atoms. The molecule has 18 heavy (non-hydrogen) atoms. The van der Waals surface area contributed by atoms with Crippen LogP contribution in [0, 0.1) is 23.2 Å². The van der Waals surface area contributed by atoms with E-state index in [-0.39, 0.29) is 5.54 Å². The van der Waals surface area contributed by atoms with Crippen LogP contribution >= 0.6 is 0 Å². The monoisotopic (exact) mass is 249 g/mol. The zero-order chi connectivity index (χ0) is 12.8. The fraction of sp³-hybridized carbons (Fsp3) is 1.00. The highest BCUT2D eigenvalue weighted by atomic mass is 14.8. The Morgan fingerprint density at radius 2 is 1.28 bits per heavy atom. The van der Waals surface area contributed by atoms with Crippen LogP contribution < -0.4 is 5.73 Å².